The molecule has 1 atom stereocenters. The number of nitrogens with one attached hydrogen (secondary N) is 1. The normalized spacial score (nSPS) is 12.5. The summed E-state index contributed by atoms with van der Waals surface area (Å²) in [6.07, 6.45) is 8.49. The van der Waals surface area contributed by atoms with Crippen LogP contribution in [0.4, 0.5) is 0 Å². The zero-order valence-electron chi connectivity index (χ0n) is 10.8. The van der Waals surface area contributed by atoms with Crippen LogP contribution in [0, 0.1) is 0 Å². The topological polar surface area (TPSA) is 24.9 Å². The van der Waals surface area contributed by atoms with Gasteiger partial charge in [0.15, 0.2) is 0 Å². The Bertz CT molecular complexity index is 425. The first-order valence-corrected chi connectivity index (χ1v) is 7.35. The summed E-state index contributed by atoms with van der Waals surface area (Å²) in [5.74, 6) is 0. The van der Waals surface area contributed by atoms with Gasteiger partial charge in [-0.15, -0.1) is 11.3 Å². The lowest BCUT2D eigenvalue weighted by Gasteiger charge is -2.15. The Morgan fingerprint density at radius 1 is 1.28 bits per heavy atom. The highest BCUT2D eigenvalue weighted by Gasteiger charge is 2.07. The van der Waals surface area contributed by atoms with Crippen LogP contribution in [0.2, 0.25) is 0 Å². The van der Waals surface area contributed by atoms with Gasteiger partial charge >= 0.3 is 0 Å². The quantitative estimate of drug-likeness (QED) is 0.826. The van der Waals surface area contributed by atoms with E-state index in [1.165, 1.54) is 29.7 Å². The molecular weight excluding hydrogens is 240 g/mol. The largest absolute Gasteiger partial charge is 0.317 e. The van der Waals surface area contributed by atoms with Gasteiger partial charge in [0.2, 0.25) is 0 Å². The van der Waals surface area contributed by atoms with E-state index in [2.05, 4.69) is 47.0 Å². The fraction of sp³-hybridized carbons (Fsp3) is 0.400. The Labute approximate surface area is 113 Å². The van der Waals surface area contributed by atoms with E-state index in [-0.39, 0.29) is 0 Å². The van der Waals surface area contributed by atoms with E-state index >= 15 is 0 Å². The molecule has 2 aromatic heterocycles. The Kier molecular flexibility index (Phi) is 5.36. The number of rotatable bonds is 7. The molecule has 0 aliphatic heterocycles. The molecule has 18 heavy (non-hydrogen) atoms. The van der Waals surface area contributed by atoms with Crippen molar-refractivity contribution in [1.29, 1.82) is 0 Å². The Morgan fingerprint density at radius 2 is 2.11 bits per heavy atom. The molecule has 0 amide bonds. The lowest BCUT2D eigenvalue weighted by molar-refractivity contribution is 0.503. The summed E-state index contributed by atoms with van der Waals surface area (Å²) in [7, 11) is 2.05. The van der Waals surface area contributed by atoms with Gasteiger partial charge in [-0.3, -0.25) is 4.98 Å². The highest BCUT2D eigenvalue weighted by molar-refractivity contribution is 7.09. The molecule has 0 aromatic carbocycles. The lowest BCUT2D eigenvalue weighted by atomic mass is 10.0. The SMILES string of the molecule is CNC(CCCc1cccs1)Cc1ccncc1. The third-order valence-corrected chi connectivity index (χ3v) is 4.13. The monoisotopic (exact) mass is 260 g/mol. The Hall–Kier alpha value is -1.19. The first kappa shape index (κ1) is 13.2. The highest BCUT2D eigenvalue weighted by atomic mass is 32.1. The summed E-state index contributed by atoms with van der Waals surface area (Å²) in [4.78, 5) is 5.55. The second-order valence-electron chi connectivity index (χ2n) is 4.52. The standard InChI is InChI=1S/C15H20N2S/c1-16-14(12-13-7-9-17-10-8-13)4-2-5-15-6-3-11-18-15/h3,6-11,14,16H,2,4-5,12H2,1H3. The maximum Gasteiger partial charge on any atom is 0.0270 e. The predicted octanol–water partition coefficient (Wildman–Crippen LogP) is 3.30. The van der Waals surface area contributed by atoms with Crippen LogP contribution < -0.4 is 5.32 Å². The van der Waals surface area contributed by atoms with Crippen molar-refractivity contribution < 1.29 is 0 Å². The van der Waals surface area contributed by atoms with E-state index in [9.17, 15) is 0 Å². The van der Waals surface area contributed by atoms with Crippen molar-refractivity contribution >= 4 is 11.3 Å². The molecule has 0 bridgehead atoms. The number of hydrogen-bond acceptors (Lipinski definition) is 3. The minimum Gasteiger partial charge on any atom is -0.317 e. The van der Waals surface area contributed by atoms with Crippen molar-refractivity contribution in [2.45, 2.75) is 31.7 Å². The maximum atomic E-state index is 4.06. The number of aryl methyl sites for hydroxylation is 1. The average Bonchev–Trinajstić information content (AvgIpc) is 2.92. The molecule has 0 aliphatic carbocycles. The van der Waals surface area contributed by atoms with Crippen molar-refractivity contribution in [2.24, 2.45) is 0 Å². The van der Waals surface area contributed by atoms with Crippen molar-refractivity contribution in [3.05, 3.63) is 52.5 Å². The number of aromatic nitrogens is 1. The summed E-state index contributed by atoms with van der Waals surface area (Å²) in [5.41, 5.74) is 1.36. The third-order valence-electron chi connectivity index (χ3n) is 3.20. The summed E-state index contributed by atoms with van der Waals surface area (Å²) in [6.45, 7) is 0. The molecule has 96 valence electrons. The minimum atomic E-state index is 0.562. The Balaban J connectivity index is 1.75. The maximum absolute atomic E-state index is 4.06. The molecule has 0 radical (unpaired) electrons. The van der Waals surface area contributed by atoms with Gasteiger partial charge < -0.3 is 5.32 Å². The van der Waals surface area contributed by atoms with Crippen molar-refractivity contribution in [3.8, 4) is 0 Å². The van der Waals surface area contributed by atoms with Gasteiger partial charge in [0.05, 0.1) is 0 Å². The molecule has 0 saturated carbocycles. The molecule has 0 spiro atoms. The molecule has 0 aliphatic rings. The number of nitrogens with zero attached hydrogens (tertiary/aromatic N) is 1. The first-order chi connectivity index (χ1) is 8.88. The number of likely N-dealkylation sites (N-methyl/N-ethyl adjacent to an activating group) is 1. The van der Waals surface area contributed by atoms with Gasteiger partial charge in [-0.25, -0.2) is 0 Å². The van der Waals surface area contributed by atoms with Crippen LogP contribution in [0.5, 0.6) is 0 Å². The summed E-state index contributed by atoms with van der Waals surface area (Å²) >= 11 is 1.86. The van der Waals surface area contributed by atoms with Crippen molar-refractivity contribution in [1.82, 2.24) is 10.3 Å². The van der Waals surface area contributed by atoms with E-state index in [0.29, 0.717) is 6.04 Å². The van der Waals surface area contributed by atoms with Crippen molar-refractivity contribution in [3.63, 3.8) is 0 Å². The van der Waals surface area contributed by atoms with Crippen molar-refractivity contribution in [2.75, 3.05) is 7.05 Å². The number of thiophene rings is 1. The molecular formula is C15H20N2S. The zero-order valence-corrected chi connectivity index (χ0v) is 11.6. The summed E-state index contributed by atoms with van der Waals surface area (Å²) in [5, 5.41) is 5.57. The molecule has 2 aromatic rings. The van der Waals surface area contributed by atoms with Gasteiger partial charge in [0.25, 0.3) is 0 Å². The van der Waals surface area contributed by atoms with E-state index < -0.39 is 0 Å². The van der Waals surface area contributed by atoms with Crippen LogP contribution in [0.15, 0.2) is 42.0 Å². The predicted molar refractivity (Wildman–Crippen MR) is 78.0 cm³/mol. The molecule has 2 heterocycles. The average molecular weight is 260 g/mol. The highest BCUT2D eigenvalue weighted by Crippen LogP contribution is 2.14. The molecule has 2 nitrogen and oxygen atoms in total. The van der Waals surface area contributed by atoms with E-state index in [4.69, 9.17) is 0 Å². The molecule has 2 rings (SSSR count). The number of hydrogen-bond donors (Lipinski definition) is 1. The molecule has 1 N–H and O–H groups in total. The van der Waals surface area contributed by atoms with Crippen LogP contribution in [0.1, 0.15) is 23.3 Å². The summed E-state index contributed by atoms with van der Waals surface area (Å²) < 4.78 is 0. The fourth-order valence-corrected chi connectivity index (χ4v) is 2.88. The third kappa shape index (κ3) is 4.24. The lowest BCUT2D eigenvalue weighted by Crippen LogP contribution is -2.27. The molecule has 3 heteroatoms. The van der Waals surface area contributed by atoms with Crippen LogP contribution in [-0.2, 0) is 12.8 Å². The number of pyridine rings is 1. The summed E-state index contributed by atoms with van der Waals surface area (Å²) in [6, 6.07) is 9.12. The fourth-order valence-electron chi connectivity index (χ4n) is 2.13. The van der Waals surface area contributed by atoms with E-state index in [0.717, 1.165) is 6.42 Å². The minimum absolute atomic E-state index is 0.562. The van der Waals surface area contributed by atoms with Gasteiger partial charge in [-0.2, -0.15) is 0 Å². The van der Waals surface area contributed by atoms with Gasteiger partial charge in [-0.1, -0.05) is 6.07 Å². The molecule has 0 fully saturated rings. The van der Waals surface area contributed by atoms with Crippen LogP contribution in [0.3, 0.4) is 0 Å². The van der Waals surface area contributed by atoms with Crippen LogP contribution in [0.25, 0.3) is 0 Å². The van der Waals surface area contributed by atoms with Crippen LogP contribution in [-0.4, -0.2) is 18.1 Å². The molecule has 0 saturated heterocycles. The smallest absolute Gasteiger partial charge is 0.0270 e. The van der Waals surface area contributed by atoms with Gasteiger partial charge in [0, 0.05) is 23.3 Å². The first-order valence-electron chi connectivity index (χ1n) is 6.47. The van der Waals surface area contributed by atoms with Crippen LogP contribution >= 0.6 is 11.3 Å². The van der Waals surface area contributed by atoms with E-state index in [1.54, 1.807) is 0 Å². The Morgan fingerprint density at radius 3 is 2.78 bits per heavy atom. The van der Waals surface area contributed by atoms with Gasteiger partial charge in [0.1, 0.15) is 0 Å². The second kappa shape index (κ2) is 7.29. The second-order valence-corrected chi connectivity index (χ2v) is 5.55. The van der Waals surface area contributed by atoms with Gasteiger partial charge in [-0.05, 0) is 61.9 Å². The molecule has 1 unspecified atom stereocenters. The van der Waals surface area contributed by atoms with E-state index in [1.807, 2.05) is 23.7 Å². The zero-order chi connectivity index (χ0) is 12.6.